The van der Waals surface area contributed by atoms with Crippen molar-refractivity contribution in [3.05, 3.63) is 76.9 Å². The van der Waals surface area contributed by atoms with Crippen LogP contribution in [0.1, 0.15) is 88.9 Å². The molecule has 0 bridgehead atoms. The van der Waals surface area contributed by atoms with E-state index >= 15 is 0 Å². The first-order valence-electron chi connectivity index (χ1n) is 16.6. The molecule has 0 amide bonds. The van der Waals surface area contributed by atoms with E-state index in [-0.39, 0.29) is 17.5 Å². The van der Waals surface area contributed by atoms with E-state index in [4.69, 9.17) is 23.9 Å². The van der Waals surface area contributed by atoms with Crippen molar-refractivity contribution in [2.75, 3.05) is 31.2 Å². The van der Waals surface area contributed by atoms with E-state index in [2.05, 4.69) is 17.0 Å². The summed E-state index contributed by atoms with van der Waals surface area (Å²) < 4.78 is 37.9. The first-order valence-corrected chi connectivity index (χ1v) is 16.6. The van der Waals surface area contributed by atoms with Gasteiger partial charge in [0.15, 0.2) is 6.10 Å². The SMILES string of the molecule is Cc1nc(C)c(C(OC(C)(C)C)C(=O)OC(C)C)c(N2CCC3(CCCO3)CC2)c1-c1ccc(OCCc2ccc(F)cc2)cc1. The van der Waals surface area contributed by atoms with Gasteiger partial charge in [-0.3, -0.25) is 4.98 Å². The fraction of sp³-hybridized carbons (Fsp3) is 0.526. The lowest BCUT2D eigenvalue weighted by molar-refractivity contribution is -0.171. The molecule has 2 fully saturated rings. The lowest BCUT2D eigenvalue weighted by Crippen LogP contribution is -2.45. The normalized spacial score (nSPS) is 17.0. The summed E-state index contributed by atoms with van der Waals surface area (Å²) in [6.45, 7) is 16.5. The summed E-state index contributed by atoms with van der Waals surface area (Å²) in [7, 11) is 0. The topological polar surface area (TPSA) is 70.1 Å². The predicted molar refractivity (Wildman–Crippen MR) is 179 cm³/mol. The van der Waals surface area contributed by atoms with E-state index in [0.29, 0.717) is 13.0 Å². The quantitative estimate of drug-likeness (QED) is 0.209. The Bertz CT molecular complexity index is 1480. The number of carbonyl (C=O) groups excluding carboxylic acids is 1. The van der Waals surface area contributed by atoms with Gasteiger partial charge in [-0.1, -0.05) is 24.3 Å². The molecule has 0 radical (unpaired) electrons. The summed E-state index contributed by atoms with van der Waals surface area (Å²) in [6.07, 6.45) is 3.49. The van der Waals surface area contributed by atoms with Crippen LogP contribution >= 0.6 is 0 Å². The van der Waals surface area contributed by atoms with Crippen LogP contribution in [0, 0.1) is 19.7 Å². The highest BCUT2D eigenvalue weighted by molar-refractivity contribution is 5.88. The van der Waals surface area contributed by atoms with Crippen molar-refractivity contribution in [1.29, 1.82) is 0 Å². The minimum Gasteiger partial charge on any atom is -0.493 e. The van der Waals surface area contributed by atoms with Gasteiger partial charge in [0.2, 0.25) is 0 Å². The maximum absolute atomic E-state index is 13.8. The number of benzene rings is 2. The van der Waals surface area contributed by atoms with E-state index in [1.165, 1.54) is 12.1 Å². The van der Waals surface area contributed by atoms with Gasteiger partial charge in [-0.15, -0.1) is 0 Å². The second-order valence-electron chi connectivity index (χ2n) is 13.9. The predicted octanol–water partition coefficient (Wildman–Crippen LogP) is 8.08. The average Bonchev–Trinajstić information content (AvgIpc) is 3.45. The molecule has 3 heterocycles. The first-order chi connectivity index (χ1) is 21.8. The number of carbonyl (C=O) groups is 1. The third-order valence-electron chi connectivity index (χ3n) is 8.77. The van der Waals surface area contributed by atoms with Gasteiger partial charge in [-0.05, 0) is 110 Å². The molecule has 1 atom stereocenters. The van der Waals surface area contributed by atoms with Crippen LogP contribution in [0.25, 0.3) is 11.1 Å². The highest BCUT2D eigenvalue weighted by Gasteiger charge is 2.41. The van der Waals surface area contributed by atoms with Crippen LogP contribution in [-0.2, 0) is 25.4 Å². The van der Waals surface area contributed by atoms with Crippen LogP contribution in [0.3, 0.4) is 0 Å². The molecule has 0 aliphatic carbocycles. The highest BCUT2D eigenvalue weighted by Crippen LogP contribution is 2.46. The zero-order valence-corrected chi connectivity index (χ0v) is 28.5. The Labute approximate surface area is 273 Å². The van der Waals surface area contributed by atoms with Crippen LogP contribution in [0.2, 0.25) is 0 Å². The average molecular weight is 633 g/mol. The molecule has 7 nitrogen and oxygen atoms in total. The first kappa shape index (κ1) is 33.9. The van der Waals surface area contributed by atoms with Crippen molar-refractivity contribution in [3.63, 3.8) is 0 Å². The van der Waals surface area contributed by atoms with Crippen LogP contribution in [0.4, 0.5) is 10.1 Å². The number of hydrogen-bond donors (Lipinski definition) is 0. The maximum Gasteiger partial charge on any atom is 0.340 e. The van der Waals surface area contributed by atoms with Crippen molar-refractivity contribution in [1.82, 2.24) is 4.98 Å². The van der Waals surface area contributed by atoms with Gasteiger partial charge < -0.3 is 23.8 Å². The highest BCUT2D eigenvalue weighted by atomic mass is 19.1. The van der Waals surface area contributed by atoms with Crippen LogP contribution in [0.5, 0.6) is 5.75 Å². The molecule has 1 aromatic heterocycles. The standard InChI is InChI=1S/C38H49FN2O5/c1-25(2)45-36(42)35(46-37(5,6)7)33-27(4)40-26(3)32(34(33)41-21-19-38(20-22-41)18-8-23-44-38)29-11-15-31(16-12-29)43-24-17-28-9-13-30(39)14-10-28/h9-16,25,35H,8,17-24H2,1-7H3. The summed E-state index contributed by atoms with van der Waals surface area (Å²) in [6, 6.07) is 14.5. The second kappa shape index (κ2) is 14.1. The summed E-state index contributed by atoms with van der Waals surface area (Å²) in [5.74, 6) is 0.0919. The molecule has 0 N–H and O–H groups in total. The van der Waals surface area contributed by atoms with E-state index in [0.717, 1.165) is 90.5 Å². The molecule has 0 saturated carbocycles. The fourth-order valence-electron chi connectivity index (χ4n) is 6.65. The van der Waals surface area contributed by atoms with Gasteiger partial charge >= 0.3 is 5.97 Å². The molecule has 8 heteroatoms. The molecular formula is C38H49FN2O5. The zero-order chi connectivity index (χ0) is 33.1. The number of aromatic nitrogens is 1. The third kappa shape index (κ3) is 8.07. The minimum absolute atomic E-state index is 0.0568. The Morgan fingerprint density at radius 3 is 2.26 bits per heavy atom. The Morgan fingerprint density at radius 1 is 1.00 bits per heavy atom. The molecule has 2 saturated heterocycles. The molecule has 2 aromatic carbocycles. The number of esters is 1. The van der Waals surface area contributed by atoms with Crippen LogP contribution < -0.4 is 9.64 Å². The molecule has 248 valence electrons. The van der Waals surface area contributed by atoms with Gasteiger partial charge in [0.1, 0.15) is 11.6 Å². The molecule has 1 unspecified atom stereocenters. The van der Waals surface area contributed by atoms with E-state index in [1.54, 1.807) is 12.1 Å². The van der Waals surface area contributed by atoms with E-state index in [9.17, 15) is 9.18 Å². The number of aryl methyl sites for hydroxylation is 2. The largest absolute Gasteiger partial charge is 0.493 e. The molecule has 46 heavy (non-hydrogen) atoms. The molecular weight excluding hydrogens is 583 g/mol. The Balaban J connectivity index is 1.52. The summed E-state index contributed by atoms with van der Waals surface area (Å²) in [5, 5.41) is 0. The molecule has 1 spiro atoms. The number of halogens is 1. The summed E-state index contributed by atoms with van der Waals surface area (Å²) in [5.41, 5.74) is 5.67. The van der Waals surface area contributed by atoms with Crippen LogP contribution in [0.15, 0.2) is 48.5 Å². The molecule has 3 aromatic rings. The monoisotopic (exact) mass is 632 g/mol. The lowest BCUT2D eigenvalue weighted by Gasteiger charge is -2.42. The van der Waals surface area contributed by atoms with Gasteiger partial charge in [-0.25, -0.2) is 9.18 Å². The third-order valence-corrected chi connectivity index (χ3v) is 8.77. The Hall–Kier alpha value is -3.49. The van der Waals surface area contributed by atoms with Crippen molar-refractivity contribution in [2.45, 2.75) is 104 Å². The van der Waals surface area contributed by atoms with E-state index in [1.807, 2.05) is 60.6 Å². The van der Waals surface area contributed by atoms with Gasteiger partial charge in [0, 0.05) is 48.6 Å². The number of pyridine rings is 1. The molecule has 2 aliphatic rings. The number of hydrogen-bond acceptors (Lipinski definition) is 7. The fourth-order valence-corrected chi connectivity index (χ4v) is 6.65. The summed E-state index contributed by atoms with van der Waals surface area (Å²) >= 11 is 0. The van der Waals surface area contributed by atoms with Gasteiger partial charge in [0.25, 0.3) is 0 Å². The van der Waals surface area contributed by atoms with Gasteiger partial charge in [-0.2, -0.15) is 0 Å². The Morgan fingerprint density at radius 2 is 1.67 bits per heavy atom. The maximum atomic E-state index is 13.8. The van der Waals surface area contributed by atoms with Crippen molar-refractivity contribution >= 4 is 11.7 Å². The van der Waals surface area contributed by atoms with Crippen molar-refractivity contribution < 1.29 is 28.1 Å². The van der Waals surface area contributed by atoms with Crippen molar-refractivity contribution in [3.8, 4) is 16.9 Å². The molecule has 2 aliphatic heterocycles. The number of nitrogens with zero attached hydrogens (tertiary/aromatic N) is 2. The Kier molecular flexibility index (Phi) is 10.4. The van der Waals surface area contributed by atoms with Gasteiger partial charge in [0.05, 0.1) is 29.6 Å². The number of anilines is 1. The second-order valence-corrected chi connectivity index (χ2v) is 13.9. The summed E-state index contributed by atoms with van der Waals surface area (Å²) in [4.78, 5) is 21.2. The van der Waals surface area contributed by atoms with Crippen molar-refractivity contribution in [2.24, 2.45) is 0 Å². The number of ether oxygens (including phenoxy) is 4. The minimum atomic E-state index is -0.947. The number of rotatable bonds is 10. The van der Waals surface area contributed by atoms with E-state index < -0.39 is 17.7 Å². The smallest absolute Gasteiger partial charge is 0.340 e. The lowest BCUT2D eigenvalue weighted by atomic mass is 9.86. The molecule has 5 rings (SSSR count). The van der Waals surface area contributed by atoms with Crippen LogP contribution in [-0.4, -0.2) is 54.6 Å². The zero-order valence-electron chi connectivity index (χ0n) is 28.5. The number of piperidine rings is 1.